The summed E-state index contributed by atoms with van der Waals surface area (Å²) in [6.45, 7) is 1.22. The van der Waals surface area contributed by atoms with Gasteiger partial charge in [0, 0.05) is 13.2 Å². The van der Waals surface area contributed by atoms with Crippen LogP contribution in [0.4, 0.5) is 0 Å². The number of nitrogens with zero attached hydrogens (tertiary/aromatic N) is 1. The molecule has 2 amide bonds. The first kappa shape index (κ1) is 18.7. The molecule has 0 saturated carbocycles. The zero-order chi connectivity index (χ0) is 18.9. The number of furan rings is 1. The number of ether oxygens (including phenoxy) is 2. The number of rotatable bonds is 8. The maximum Gasteiger partial charge on any atom is 0.307 e. The molecule has 142 valence electrons. The summed E-state index contributed by atoms with van der Waals surface area (Å²) in [5.41, 5.74) is 3.14. The third-order valence-corrected chi connectivity index (χ3v) is 3.93. The van der Waals surface area contributed by atoms with Crippen molar-refractivity contribution in [3.05, 3.63) is 54.0 Å². The Labute approximate surface area is 156 Å². The molecule has 8 nitrogen and oxygen atoms in total. The zero-order valence-electron chi connectivity index (χ0n) is 14.7. The predicted molar refractivity (Wildman–Crippen MR) is 97.7 cm³/mol. The van der Waals surface area contributed by atoms with Crippen molar-refractivity contribution < 1.29 is 23.5 Å². The Kier molecular flexibility index (Phi) is 6.59. The van der Waals surface area contributed by atoms with Gasteiger partial charge in [0.25, 0.3) is 5.91 Å². The van der Waals surface area contributed by atoms with Crippen LogP contribution in [0.1, 0.15) is 29.0 Å². The average Bonchev–Trinajstić information content (AvgIpc) is 3.39. The maximum atomic E-state index is 11.8. The first-order chi connectivity index (χ1) is 13.2. The summed E-state index contributed by atoms with van der Waals surface area (Å²) in [7, 11) is 0. The summed E-state index contributed by atoms with van der Waals surface area (Å²) in [4.78, 5) is 23.4. The lowest BCUT2D eigenvalue weighted by molar-refractivity contribution is -0.123. The van der Waals surface area contributed by atoms with E-state index in [4.69, 9.17) is 13.9 Å². The van der Waals surface area contributed by atoms with Gasteiger partial charge in [0.1, 0.15) is 5.75 Å². The van der Waals surface area contributed by atoms with E-state index in [2.05, 4.69) is 15.8 Å². The van der Waals surface area contributed by atoms with Crippen LogP contribution in [0.3, 0.4) is 0 Å². The van der Waals surface area contributed by atoms with E-state index < -0.39 is 5.91 Å². The van der Waals surface area contributed by atoms with Gasteiger partial charge in [-0.15, -0.1) is 0 Å². The van der Waals surface area contributed by atoms with Gasteiger partial charge in [0.15, 0.2) is 12.4 Å². The molecule has 27 heavy (non-hydrogen) atoms. The van der Waals surface area contributed by atoms with E-state index in [9.17, 15) is 9.59 Å². The van der Waals surface area contributed by atoms with Gasteiger partial charge in [-0.3, -0.25) is 9.59 Å². The Morgan fingerprint density at radius 2 is 2.11 bits per heavy atom. The van der Waals surface area contributed by atoms with Crippen LogP contribution in [0.15, 0.2) is 52.2 Å². The molecule has 1 aliphatic rings. The quantitative estimate of drug-likeness (QED) is 0.543. The molecule has 1 fully saturated rings. The van der Waals surface area contributed by atoms with Gasteiger partial charge in [-0.05, 0) is 54.8 Å². The summed E-state index contributed by atoms with van der Waals surface area (Å²) in [5, 5.41) is 6.66. The monoisotopic (exact) mass is 371 g/mol. The van der Waals surface area contributed by atoms with Crippen LogP contribution in [0.25, 0.3) is 0 Å². The van der Waals surface area contributed by atoms with E-state index in [1.54, 1.807) is 36.4 Å². The molecule has 2 N–H and O–H groups in total. The Balaban J connectivity index is 1.38. The van der Waals surface area contributed by atoms with Crippen LogP contribution >= 0.6 is 0 Å². The molecule has 1 atom stereocenters. The third kappa shape index (κ3) is 5.96. The third-order valence-electron chi connectivity index (χ3n) is 3.93. The van der Waals surface area contributed by atoms with E-state index in [0.717, 1.165) is 25.0 Å². The molecule has 1 aromatic heterocycles. The minimum atomic E-state index is -0.426. The zero-order valence-corrected chi connectivity index (χ0v) is 14.7. The second-order valence-electron chi connectivity index (χ2n) is 5.97. The molecule has 1 aliphatic heterocycles. The van der Waals surface area contributed by atoms with Gasteiger partial charge in [0.05, 0.1) is 18.6 Å². The number of carbonyl (C=O) groups excluding carboxylic acids is 2. The minimum absolute atomic E-state index is 0.0562. The highest BCUT2D eigenvalue weighted by molar-refractivity contribution is 5.92. The molecule has 1 saturated heterocycles. The highest BCUT2D eigenvalue weighted by Gasteiger charge is 2.16. The second-order valence-corrected chi connectivity index (χ2v) is 5.97. The lowest BCUT2D eigenvalue weighted by Crippen LogP contribution is -2.35. The van der Waals surface area contributed by atoms with Gasteiger partial charge in [-0.2, -0.15) is 5.10 Å². The van der Waals surface area contributed by atoms with Gasteiger partial charge in [-0.1, -0.05) is 0 Å². The van der Waals surface area contributed by atoms with Crippen LogP contribution in [-0.4, -0.2) is 43.9 Å². The van der Waals surface area contributed by atoms with Gasteiger partial charge in [-0.25, -0.2) is 5.43 Å². The normalized spacial score (nSPS) is 16.4. The van der Waals surface area contributed by atoms with Gasteiger partial charge < -0.3 is 19.2 Å². The summed E-state index contributed by atoms with van der Waals surface area (Å²) in [6.07, 6.45) is 5.05. The molecule has 1 aromatic carbocycles. The van der Waals surface area contributed by atoms with Crippen molar-refractivity contribution in [3.63, 3.8) is 0 Å². The lowest BCUT2D eigenvalue weighted by Gasteiger charge is -2.11. The molecule has 0 unspecified atom stereocenters. The van der Waals surface area contributed by atoms with Crippen molar-refractivity contribution in [2.75, 3.05) is 19.8 Å². The summed E-state index contributed by atoms with van der Waals surface area (Å²) in [5.74, 6) is 0.148. The van der Waals surface area contributed by atoms with Crippen molar-refractivity contribution in [1.29, 1.82) is 0 Å². The fraction of sp³-hybridized carbons (Fsp3) is 0.316. The maximum absolute atomic E-state index is 11.8. The van der Waals surface area contributed by atoms with E-state index in [0.29, 0.717) is 12.3 Å². The Morgan fingerprint density at radius 3 is 2.81 bits per heavy atom. The van der Waals surface area contributed by atoms with Crippen LogP contribution in [0.5, 0.6) is 5.75 Å². The van der Waals surface area contributed by atoms with Crippen LogP contribution in [0, 0.1) is 0 Å². The lowest BCUT2D eigenvalue weighted by atomic mass is 10.2. The van der Waals surface area contributed by atoms with Crippen molar-refractivity contribution in [1.82, 2.24) is 10.7 Å². The van der Waals surface area contributed by atoms with Crippen molar-refractivity contribution in [3.8, 4) is 5.75 Å². The van der Waals surface area contributed by atoms with E-state index in [1.807, 2.05) is 0 Å². The SMILES string of the molecule is O=C(COc1ccc(/C=N/NC(=O)c2ccco2)cc1)NC[C@H]1CCCO1. The van der Waals surface area contributed by atoms with Crippen LogP contribution in [-0.2, 0) is 9.53 Å². The first-order valence-corrected chi connectivity index (χ1v) is 8.69. The fourth-order valence-corrected chi connectivity index (χ4v) is 2.51. The molecule has 8 heteroatoms. The number of carbonyl (C=O) groups is 2. The van der Waals surface area contributed by atoms with E-state index in [1.165, 1.54) is 12.5 Å². The highest BCUT2D eigenvalue weighted by Crippen LogP contribution is 2.12. The van der Waals surface area contributed by atoms with Crippen LogP contribution in [0.2, 0.25) is 0 Å². The second kappa shape index (κ2) is 9.54. The highest BCUT2D eigenvalue weighted by atomic mass is 16.5. The number of amides is 2. The summed E-state index contributed by atoms with van der Waals surface area (Å²) >= 11 is 0. The van der Waals surface area contributed by atoms with Crippen molar-refractivity contribution >= 4 is 18.0 Å². The smallest absolute Gasteiger partial charge is 0.307 e. The number of benzene rings is 1. The molecular formula is C19H21N3O5. The molecule has 0 radical (unpaired) electrons. The average molecular weight is 371 g/mol. The van der Waals surface area contributed by atoms with Crippen molar-refractivity contribution in [2.24, 2.45) is 5.10 Å². The minimum Gasteiger partial charge on any atom is -0.484 e. The molecule has 0 spiro atoms. The molecule has 0 aliphatic carbocycles. The van der Waals surface area contributed by atoms with Gasteiger partial charge >= 0.3 is 5.91 Å². The Bertz CT molecular complexity index is 765. The van der Waals surface area contributed by atoms with Crippen LogP contribution < -0.4 is 15.5 Å². The summed E-state index contributed by atoms with van der Waals surface area (Å²) in [6, 6.07) is 10.2. The predicted octanol–water partition coefficient (Wildman–Crippen LogP) is 1.72. The summed E-state index contributed by atoms with van der Waals surface area (Å²) < 4.78 is 15.9. The number of nitrogens with one attached hydrogen (secondary N) is 2. The van der Waals surface area contributed by atoms with Crippen molar-refractivity contribution in [2.45, 2.75) is 18.9 Å². The number of hydrazone groups is 1. The number of hydrogen-bond donors (Lipinski definition) is 2. The largest absolute Gasteiger partial charge is 0.484 e. The number of hydrogen-bond acceptors (Lipinski definition) is 6. The van der Waals surface area contributed by atoms with E-state index >= 15 is 0 Å². The molecule has 0 bridgehead atoms. The standard InChI is InChI=1S/C19H21N3O5/c23-18(20-12-16-3-1-9-25-16)13-27-15-7-5-14(6-8-15)11-21-22-19(24)17-4-2-10-26-17/h2,4-8,10-11,16H,1,3,9,12-13H2,(H,20,23)(H,22,24)/b21-11+/t16-/m1/s1. The fourth-order valence-electron chi connectivity index (χ4n) is 2.51. The van der Waals surface area contributed by atoms with Gasteiger partial charge in [0.2, 0.25) is 0 Å². The Hall–Kier alpha value is -3.13. The Morgan fingerprint density at radius 1 is 1.26 bits per heavy atom. The molecular weight excluding hydrogens is 350 g/mol. The first-order valence-electron chi connectivity index (χ1n) is 8.69. The molecule has 3 rings (SSSR count). The molecule has 2 heterocycles. The molecule has 2 aromatic rings. The van der Waals surface area contributed by atoms with E-state index in [-0.39, 0.29) is 24.4 Å². The topological polar surface area (TPSA) is 102 Å².